The number of carbonyl (C=O) groups is 3. The van der Waals surface area contributed by atoms with Crippen LogP contribution in [-0.4, -0.2) is 283 Å². The highest BCUT2D eigenvalue weighted by Crippen LogP contribution is 2.35. The van der Waals surface area contributed by atoms with Crippen molar-refractivity contribution in [2.75, 3.05) is 33.0 Å². The summed E-state index contributed by atoms with van der Waals surface area (Å²) < 4.78 is 86.7. The van der Waals surface area contributed by atoms with E-state index in [1.165, 1.54) is 0 Å². The molecule has 0 radical (unpaired) electrons. The van der Waals surface area contributed by atoms with Crippen LogP contribution < -0.4 is 16.0 Å². The van der Waals surface area contributed by atoms with Crippen molar-refractivity contribution in [2.45, 2.75) is 174 Å². The van der Waals surface area contributed by atoms with Gasteiger partial charge in [0, 0.05) is 20.8 Å². The fraction of sp³-hybridized carbons (Fsp3) is 0.917. The fourth-order valence-corrected chi connectivity index (χ4v) is 8.58. The molecule has 3 amide bonds. The standard InChI is InChI=1S/C36H61N3O29S/c1-9(43)37-17-24(50)21(47)16(8-60-69(56,57)58)65-33(17)59-7-15-23(49)30(18(32(55)61-15)38-10(2)44)67-36-28(54)26(52)29(14(6-42)64-36)66-34-19(39-11(3)45)31(22(48)13(5-41)62-34)68-35-27(53)25(51)20(46)12(4-40)63-35/h12-36,40-42,46-55H,4-8H2,1-3H3,(H,37,43)(H,38,44)(H,39,45)(H,56,57,58)/t12-,13-,14-,15-,16-,17-,18-,19-,20+,21-,22+,23+,24-,25+,26-,27-,28-,29+,30-,31-,32+,33-,34-,35+,36+/m1/s1. The molecule has 5 aliphatic rings. The van der Waals surface area contributed by atoms with Gasteiger partial charge in [0.05, 0.1) is 33.0 Å². The maximum absolute atomic E-state index is 12.5. The number of amides is 3. The van der Waals surface area contributed by atoms with Crippen molar-refractivity contribution in [3.63, 3.8) is 0 Å². The molecule has 5 rings (SSSR count). The third kappa shape index (κ3) is 13.7. The minimum atomic E-state index is -5.08. The third-order valence-electron chi connectivity index (χ3n) is 11.7. The minimum Gasteiger partial charge on any atom is -0.394 e. The van der Waals surface area contributed by atoms with E-state index in [1.54, 1.807) is 0 Å². The van der Waals surface area contributed by atoms with E-state index in [2.05, 4.69) is 20.1 Å². The SMILES string of the molecule is CC(=O)N[C@@H]1[C@@H](O[C@@H]2O[C@H](CO)[C@H](O[C@H]3O[C@H](CO)[C@H](O)[C@H](O[C@@H]4O[C@H](CO)[C@H](O)[C@H](O)[C@H]4O)[C@H]3NC(C)=O)[C@H](O)[C@H]2O)[C@@H](O)[C@@H](CO[C@@H]2O[C@H](COS(=O)(=O)O)[C@@H](O)[C@H](O)[C@H]2NC(C)=O)O[C@@H]1O. The van der Waals surface area contributed by atoms with Gasteiger partial charge in [-0.3, -0.25) is 18.9 Å². The van der Waals surface area contributed by atoms with E-state index in [0.717, 1.165) is 20.8 Å². The lowest BCUT2D eigenvalue weighted by atomic mass is 9.94. The van der Waals surface area contributed by atoms with Gasteiger partial charge in [0.15, 0.2) is 31.5 Å². The maximum atomic E-state index is 12.5. The Morgan fingerprint density at radius 1 is 0.449 bits per heavy atom. The molecular weight excluding hydrogens is 970 g/mol. The highest BCUT2D eigenvalue weighted by Gasteiger charge is 2.56. The summed E-state index contributed by atoms with van der Waals surface area (Å²) in [6.07, 6.45) is -41.6. The number of nitrogens with one attached hydrogen (secondary N) is 3. The highest BCUT2D eigenvalue weighted by atomic mass is 32.3. The summed E-state index contributed by atoms with van der Waals surface area (Å²) in [5.74, 6) is -2.40. The highest BCUT2D eigenvalue weighted by molar-refractivity contribution is 7.80. The van der Waals surface area contributed by atoms with Gasteiger partial charge in [0.25, 0.3) is 0 Å². The van der Waals surface area contributed by atoms with E-state index in [4.69, 9.17) is 47.2 Å². The molecule has 5 heterocycles. The zero-order valence-corrected chi connectivity index (χ0v) is 37.6. The van der Waals surface area contributed by atoms with Crippen molar-refractivity contribution in [3.05, 3.63) is 0 Å². The van der Waals surface area contributed by atoms with Gasteiger partial charge in [0.2, 0.25) is 17.7 Å². The van der Waals surface area contributed by atoms with E-state index in [0.29, 0.717) is 0 Å². The average Bonchev–Trinajstić information content (AvgIpc) is 3.27. The quantitative estimate of drug-likeness (QED) is 0.0567. The van der Waals surface area contributed by atoms with Crippen LogP contribution in [0.5, 0.6) is 0 Å². The molecule has 0 bridgehead atoms. The molecule has 400 valence electrons. The van der Waals surface area contributed by atoms with E-state index < -0.39 is 214 Å². The first-order valence-corrected chi connectivity index (χ1v) is 22.6. The van der Waals surface area contributed by atoms with Gasteiger partial charge in [-0.1, -0.05) is 0 Å². The number of rotatable bonds is 18. The summed E-state index contributed by atoms with van der Waals surface area (Å²) in [7, 11) is -5.08. The zero-order valence-electron chi connectivity index (χ0n) is 36.8. The van der Waals surface area contributed by atoms with Gasteiger partial charge in [-0.15, -0.1) is 0 Å². The van der Waals surface area contributed by atoms with E-state index in [1.807, 2.05) is 0 Å². The van der Waals surface area contributed by atoms with Gasteiger partial charge in [0.1, 0.15) is 122 Å². The number of aliphatic hydroxyl groups is 13. The van der Waals surface area contributed by atoms with Crippen LogP contribution in [0.1, 0.15) is 20.8 Å². The van der Waals surface area contributed by atoms with Gasteiger partial charge < -0.3 is 125 Å². The normalized spacial score (nSPS) is 45.3. The summed E-state index contributed by atoms with van der Waals surface area (Å²) in [5, 5.41) is 147. The Labute approximate surface area is 391 Å². The van der Waals surface area contributed by atoms with E-state index in [9.17, 15) is 89.2 Å². The molecule has 25 atom stereocenters. The molecule has 69 heavy (non-hydrogen) atoms. The number of hydrogen-bond acceptors (Lipinski definition) is 28. The van der Waals surface area contributed by atoms with Crippen molar-refractivity contribution >= 4 is 28.1 Å². The van der Waals surface area contributed by atoms with Crippen LogP contribution in [0, 0.1) is 0 Å². The van der Waals surface area contributed by atoms with Crippen molar-refractivity contribution in [1.82, 2.24) is 16.0 Å². The second-order valence-electron chi connectivity index (χ2n) is 16.7. The van der Waals surface area contributed by atoms with Crippen molar-refractivity contribution in [1.29, 1.82) is 0 Å². The predicted molar refractivity (Wildman–Crippen MR) is 212 cm³/mol. The lowest BCUT2D eigenvalue weighted by Crippen LogP contribution is -2.70. The Kier molecular flexibility index (Phi) is 20.3. The summed E-state index contributed by atoms with van der Waals surface area (Å²) in [6, 6.07) is -4.97. The topological polar surface area (TPSA) is 497 Å². The zero-order chi connectivity index (χ0) is 51.4. The minimum absolute atomic E-state index is 0.772. The summed E-state index contributed by atoms with van der Waals surface area (Å²) in [6.45, 7) is -1.75. The Hall–Kier alpha value is -2.60. The van der Waals surface area contributed by atoms with Crippen LogP contribution >= 0.6 is 0 Å². The van der Waals surface area contributed by atoms with Gasteiger partial charge in [-0.25, -0.2) is 4.18 Å². The summed E-state index contributed by atoms with van der Waals surface area (Å²) in [5.41, 5.74) is 0. The van der Waals surface area contributed by atoms with Crippen molar-refractivity contribution in [2.24, 2.45) is 0 Å². The largest absolute Gasteiger partial charge is 0.397 e. The molecule has 0 spiro atoms. The van der Waals surface area contributed by atoms with Crippen LogP contribution in [0.15, 0.2) is 0 Å². The molecule has 0 unspecified atom stereocenters. The first-order valence-electron chi connectivity index (χ1n) is 21.2. The molecule has 0 saturated carbocycles. The predicted octanol–water partition coefficient (Wildman–Crippen LogP) is -11.7. The maximum Gasteiger partial charge on any atom is 0.397 e. The van der Waals surface area contributed by atoms with Crippen LogP contribution in [0.4, 0.5) is 0 Å². The molecule has 33 heteroatoms. The van der Waals surface area contributed by atoms with Gasteiger partial charge in [-0.05, 0) is 0 Å². The molecule has 0 aromatic carbocycles. The van der Waals surface area contributed by atoms with Crippen LogP contribution in [0.25, 0.3) is 0 Å². The summed E-state index contributed by atoms with van der Waals surface area (Å²) >= 11 is 0. The number of hydrogen-bond donors (Lipinski definition) is 17. The second-order valence-corrected chi connectivity index (χ2v) is 17.8. The smallest absolute Gasteiger partial charge is 0.394 e. The summed E-state index contributed by atoms with van der Waals surface area (Å²) in [4.78, 5) is 36.7. The monoisotopic (exact) mass is 1030 g/mol. The van der Waals surface area contributed by atoms with Gasteiger partial charge >= 0.3 is 10.4 Å². The number of aliphatic hydroxyl groups excluding tert-OH is 13. The van der Waals surface area contributed by atoms with Crippen molar-refractivity contribution in [3.8, 4) is 0 Å². The molecule has 5 fully saturated rings. The van der Waals surface area contributed by atoms with Gasteiger partial charge in [-0.2, -0.15) is 8.42 Å². The Morgan fingerprint density at radius 2 is 0.870 bits per heavy atom. The third-order valence-corrected chi connectivity index (χ3v) is 12.1. The van der Waals surface area contributed by atoms with Crippen LogP contribution in [0.3, 0.4) is 0 Å². The molecule has 0 aromatic heterocycles. The second kappa shape index (κ2) is 24.4. The average molecular weight is 1030 g/mol. The van der Waals surface area contributed by atoms with E-state index in [-0.39, 0.29) is 0 Å². The van der Waals surface area contributed by atoms with Crippen molar-refractivity contribution < 1.29 is 141 Å². The molecule has 5 saturated heterocycles. The van der Waals surface area contributed by atoms with Crippen LogP contribution in [-0.2, 0) is 71.6 Å². The Bertz CT molecular complexity index is 1810. The molecule has 5 aliphatic heterocycles. The molecule has 0 aliphatic carbocycles. The molecule has 32 nitrogen and oxygen atoms in total. The number of carbonyl (C=O) groups excluding carboxylic acids is 3. The van der Waals surface area contributed by atoms with E-state index >= 15 is 0 Å². The molecular formula is C36H61N3O29S. The Morgan fingerprint density at radius 3 is 1.42 bits per heavy atom. The fourth-order valence-electron chi connectivity index (χ4n) is 8.28. The van der Waals surface area contributed by atoms with Crippen LogP contribution in [0.2, 0.25) is 0 Å². The number of ether oxygens (including phenoxy) is 9. The lowest BCUT2D eigenvalue weighted by molar-refractivity contribution is -0.374. The molecule has 0 aromatic rings. The first kappa shape index (κ1) is 57.3. The molecule has 17 N–H and O–H groups in total. The lowest BCUT2D eigenvalue weighted by Gasteiger charge is -2.50. The Balaban J connectivity index is 1.35. The first-order chi connectivity index (χ1) is 32.3.